The number of carbonyl (C=O) groups is 1. The molecular weight excluding hydrogens is 406 g/mol. The number of alkyl halides is 3. The zero-order valence-corrected chi connectivity index (χ0v) is 15.4. The van der Waals surface area contributed by atoms with Crippen LogP contribution in [0.4, 0.5) is 13.2 Å². The van der Waals surface area contributed by atoms with Crippen LogP contribution < -0.4 is 4.74 Å². The van der Waals surface area contributed by atoms with E-state index >= 15 is 0 Å². The molecule has 1 saturated heterocycles. The third-order valence-electron chi connectivity index (χ3n) is 4.22. The maximum absolute atomic E-state index is 12.7. The zero-order valence-electron chi connectivity index (χ0n) is 13.8. The van der Waals surface area contributed by atoms with Gasteiger partial charge in [0.05, 0.1) is 11.8 Å². The fourth-order valence-electron chi connectivity index (χ4n) is 3.11. The maximum Gasteiger partial charge on any atom is 0.573 e. The lowest BCUT2D eigenvalue weighted by atomic mass is 9.89. The summed E-state index contributed by atoms with van der Waals surface area (Å²) >= 11 is 11.6. The first-order valence-electron chi connectivity index (χ1n) is 8.05. The molecule has 27 heavy (non-hydrogen) atoms. The summed E-state index contributed by atoms with van der Waals surface area (Å²) in [6, 6.07) is 5.55. The second kappa shape index (κ2) is 7.90. The van der Waals surface area contributed by atoms with Crippen LogP contribution in [-0.4, -0.2) is 40.5 Å². The van der Waals surface area contributed by atoms with Crippen molar-refractivity contribution in [2.75, 3.05) is 13.1 Å². The van der Waals surface area contributed by atoms with Gasteiger partial charge in [0.15, 0.2) is 5.15 Å². The van der Waals surface area contributed by atoms with Crippen LogP contribution in [0.1, 0.15) is 34.7 Å². The second-order valence-electron chi connectivity index (χ2n) is 6.09. The standard InChI is InChI=1S/C17H14Cl2F3N3O2/c18-12-3-4-13(14(7-12)27-17(20,21)22)10-2-1-5-25(9-10)16(26)11-6-15(19)24-23-8-11/h3-4,6-8,10H,1-2,5,9H2. The van der Waals surface area contributed by atoms with Gasteiger partial charge in [-0.25, -0.2) is 0 Å². The van der Waals surface area contributed by atoms with E-state index in [9.17, 15) is 18.0 Å². The molecule has 1 amide bonds. The number of benzene rings is 1. The summed E-state index contributed by atoms with van der Waals surface area (Å²) in [4.78, 5) is 14.2. The molecular formula is C17H14Cl2F3N3O2. The number of hydrogen-bond donors (Lipinski definition) is 0. The van der Waals surface area contributed by atoms with Gasteiger partial charge in [0.1, 0.15) is 5.75 Å². The predicted molar refractivity (Wildman–Crippen MR) is 93.1 cm³/mol. The number of aromatic nitrogens is 2. The Hall–Kier alpha value is -2.06. The van der Waals surface area contributed by atoms with Gasteiger partial charge in [-0.3, -0.25) is 4.79 Å². The maximum atomic E-state index is 12.7. The van der Waals surface area contributed by atoms with E-state index in [1.54, 1.807) is 4.90 Å². The second-order valence-corrected chi connectivity index (χ2v) is 6.91. The van der Waals surface area contributed by atoms with E-state index in [1.165, 1.54) is 24.4 Å². The smallest absolute Gasteiger partial charge is 0.405 e. The molecule has 0 radical (unpaired) electrons. The molecule has 1 aromatic heterocycles. The minimum Gasteiger partial charge on any atom is -0.405 e. The topological polar surface area (TPSA) is 55.3 Å². The van der Waals surface area contributed by atoms with Gasteiger partial charge in [-0.15, -0.1) is 18.3 Å². The summed E-state index contributed by atoms with van der Waals surface area (Å²) in [7, 11) is 0. The van der Waals surface area contributed by atoms with Crippen LogP contribution in [0.25, 0.3) is 0 Å². The van der Waals surface area contributed by atoms with Crippen molar-refractivity contribution in [3.05, 3.63) is 51.8 Å². The number of nitrogens with zero attached hydrogens (tertiary/aromatic N) is 3. The summed E-state index contributed by atoms with van der Waals surface area (Å²) < 4.78 is 42.3. The van der Waals surface area contributed by atoms with Crippen molar-refractivity contribution >= 4 is 29.1 Å². The highest BCUT2D eigenvalue weighted by atomic mass is 35.5. The number of piperidine rings is 1. The molecule has 1 atom stereocenters. The Labute approximate surface area is 163 Å². The molecule has 10 heteroatoms. The number of amides is 1. The summed E-state index contributed by atoms with van der Waals surface area (Å²) in [5.74, 6) is -0.964. The average molecular weight is 420 g/mol. The van der Waals surface area contributed by atoms with Crippen molar-refractivity contribution in [1.82, 2.24) is 15.1 Å². The van der Waals surface area contributed by atoms with Crippen LogP contribution in [0.2, 0.25) is 10.2 Å². The van der Waals surface area contributed by atoms with Crippen molar-refractivity contribution < 1.29 is 22.7 Å². The molecule has 1 aliphatic rings. The lowest BCUT2D eigenvalue weighted by Gasteiger charge is -2.33. The average Bonchev–Trinajstić information content (AvgIpc) is 2.60. The molecule has 1 aromatic carbocycles. The predicted octanol–water partition coefficient (Wildman–Crippen LogP) is 4.70. The molecule has 0 N–H and O–H groups in total. The molecule has 144 valence electrons. The molecule has 0 spiro atoms. The van der Waals surface area contributed by atoms with Gasteiger partial charge in [0.25, 0.3) is 5.91 Å². The molecule has 0 bridgehead atoms. The largest absolute Gasteiger partial charge is 0.573 e. The number of ether oxygens (including phenoxy) is 1. The third-order valence-corrected chi connectivity index (χ3v) is 4.64. The highest BCUT2D eigenvalue weighted by molar-refractivity contribution is 6.30. The van der Waals surface area contributed by atoms with E-state index in [0.29, 0.717) is 24.9 Å². The Morgan fingerprint density at radius 2 is 2.04 bits per heavy atom. The van der Waals surface area contributed by atoms with Gasteiger partial charge >= 0.3 is 6.36 Å². The SMILES string of the molecule is O=C(c1cnnc(Cl)c1)N1CCCC(c2ccc(Cl)cc2OC(F)(F)F)C1. The normalized spacial score (nSPS) is 17.7. The Morgan fingerprint density at radius 1 is 1.26 bits per heavy atom. The fourth-order valence-corrected chi connectivity index (χ4v) is 3.44. The van der Waals surface area contributed by atoms with Gasteiger partial charge in [-0.2, -0.15) is 5.10 Å². The molecule has 0 saturated carbocycles. The van der Waals surface area contributed by atoms with Crippen LogP contribution in [0.15, 0.2) is 30.5 Å². The number of rotatable bonds is 3. The Balaban J connectivity index is 1.83. The fraction of sp³-hybridized carbons (Fsp3) is 0.353. The molecule has 2 heterocycles. The minimum atomic E-state index is -4.83. The molecule has 1 aliphatic heterocycles. The van der Waals surface area contributed by atoms with Crippen molar-refractivity contribution in [1.29, 1.82) is 0 Å². The van der Waals surface area contributed by atoms with Gasteiger partial charge in [-0.1, -0.05) is 29.3 Å². The van der Waals surface area contributed by atoms with Gasteiger partial charge in [-0.05, 0) is 36.6 Å². The van der Waals surface area contributed by atoms with E-state index in [1.807, 2.05) is 0 Å². The highest BCUT2D eigenvalue weighted by Crippen LogP contribution is 2.37. The van der Waals surface area contributed by atoms with Crippen LogP contribution >= 0.6 is 23.2 Å². The summed E-state index contributed by atoms with van der Waals surface area (Å²) in [6.07, 6.45) is -2.27. The molecule has 1 fully saturated rings. The van der Waals surface area contributed by atoms with Gasteiger partial charge in [0.2, 0.25) is 0 Å². The number of carbonyl (C=O) groups excluding carboxylic acids is 1. The quantitative estimate of drug-likeness (QED) is 0.723. The lowest BCUT2D eigenvalue weighted by molar-refractivity contribution is -0.275. The van der Waals surface area contributed by atoms with Crippen molar-refractivity contribution in [2.24, 2.45) is 0 Å². The van der Waals surface area contributed by atoms with E-state index in [-0.39, 0.29) is 39.9 Å². The van der Waals surface area contributed by atoms with E-state index in [0.717, 1.165) is 6.07 Å². The summed E-state index contributed by atoms with van der Waals surface area (Å²) in [5, 5.41) is 7.47. The lowest BCUT2D eigenvalue weighted by Crippen LogP contribution is -2.39. The number of hydrogen-bond acceptors (Lipinski definition) is 4. The first-order chi connectivity index (χ1) is 12.7. The van der Waals surface area contributed by atoms with E-state index < -0.39 is 6.36 Å². The van der Waals surface area contributed by atoms with Gasteiger partial charge in [0, 0.05) is 24.0 Å². The first kappa shape index (κ1) is 19.7. The minimum absolute atomic E-state index is 0.0907. The van der Waals surface area contributed by atoms with E-state index in [2.05, 4.69) is 14.9 Å². The molecule has 1 unspecified atom stereocenters. The first-order valence-corrected chi connectivity index (χ1v) is 8.81. The van der Waals surface area contributed by atoms with Crippen molar-refractivity contribution in [3.63, 3.8) is 0 Å². The number of halogens is 5. The Kier molecular flexibility index (Phi) is 5.76. The van der Waals surface area contributed by atoms with Crippen molar-refractivity contribution in [3.8, 4) is 5.75 Å². The Bertz CT molecular complexity index is 848. The van der Waals surface area contributed by atoms with Crippen molar-refractivity contribution in [2.45, 2.75) is 25.1 Å². The molecule has 2 aromatic rings. The Morgan fingerprint density at radius 3 is 2.74 bits per heavy atom. The van der Waals surface area contributed by atoms with Crippen LogP contribution in [0, 0.1) is 0 Å². The highest BCUT2D eigenvalue weighted by Gasteiger charge is 2.34. The van der Waals surface area contributed by atoms with Crippen LogP contribution in [0.3, 0.4) is 0 Å². The molecule has 0 aliphatic carbocycles. The summed E-state index contributed by atoms with van der Waals surface area (Å²) in [6.45, 7) is 0.729. The summed E-state index contributed by atoms with van der Waals surface area (Å²) in [5.41, 5.74) is 0.638. The molecule has 3 rings (SSSR count). The monoisotopic (exact) mass is 419 g/mol. The number of likely N-dealkylation sites (tertiary alicyclic amines) is 1. The van der Waals surface area contributed by atoms with Crippen LogP contribution in [0.5, 0.6) is 5.75 Å². The molecule has 5 nitrogen and oxygen atoms in total. The van der Waals surface area contributed by atoms with Crippen LogP contribution in [-0.2, 0) is 0 Å². The van der Waals surface area contributed by atoms with E-state index in [4.69, 9.17) is 23.2 Å². The third kappa shape index (κ3) is 5.01. The van der Waals surface area contributed by atoms with Gasteiger partial charge < -0.3 is 9.64 Å². The zero-order chi connectivity index (χ0) is 19.6.